The number of hydrogen-bond donors (Lipinski definition) is 8. The highest BCUT2D eigenvalue weighted by atomic mass is 16.4. The SMILES string of the molecule is CC(C)CC(N)C(=O)NC(CC(=O)O)C(=O)NC(Cc1cnc[nH]1)C(=O)NC(Cc1ccc(O)cc1)C(=O)O. The molecule has 14 heteroatoms. The van der Waals surface area contributed by atoms with E-state index < -0.39 is 60.2 Å². The summed E-state index contributed by atoms with van der Waals surface area (Å²) in [5.74, 6) is -5.19. The summed E-state index contributed by atoms with van der Waals surface area (Å²) >= 11 is 0. The van der Waals surface area contributed by atoms with Crippen LogP contribution in [-0.2, 0) is 36.8 Å². The lowest BCUT2D eigenvalue weighted by Crippen LogP contribution is -2.58. The van der Waals surface area contributed by atoms with Gasteiger partial charge in [0.25, 0.3) is 0 Å². The van der Waals surface area contributed by atoms with E-state index in [2.05, 4.69) is 25.9 Å². The van der Waals surface area contributed by atoms with Crippen LogP contribution in [0.15, 0.2) is 36.8 Å². The van der Waals surface area contributed by atoms with Crippen LogP contribution < -0.4 is 21.7 Å². The fraction of sp³-hybridized carbons (Fsp3) is 0.440. The number of phenols is 1. The summed E-state index contributed by atoms with van der Waals surface area (Å²) in [5.41, 5.74) is 6.81. The number of carbonyl (C=O) groups is 5. The summed E-state index contributed by atoms with van der Waals surface area (Å²) in [4.78, 5) is 68.6. The Balaban J connectivity index is 2.21. The van der Waals surface area contributed by atoms with Gasteiger partial charge < -0.3 is 42.0 Å². The fourth-order valence-corrected chi connectivity index (χ4v) is 3.72. The zero-order chi connectivity index (χ0) is 29.1. The number of benzene rings is 1. The van der Waals surface area contributed by atoms with Crippen LogP contribution in [0.2, 0.25) is 0 Å². The molecule has 212 valence electrons. The summed E-state index contributed by atoms with van der Waals surface area (Å²) in [5, 5.41) is 35.5. The summed E-state index contributed by atoms with van der Waals surface area (Å²) in [7, 11) is 0. The highest BCUT2D eigenvalue weighted by Gasteiger charge is 2.32. The molecule has 14 nitrogen and oxygen atoms in total. The van der Waals surface area contributed by atoms with Gasteiger partial charge in [0.15, 0.2) is 0 Å². The van der Waals surface area contributed by atoms with Crippen molar-refractivity contribution in [3.05, 3.63) is 48.0 Å². The van der Waals surface area contributed by atoms with Crippen molar-refractivity contribution in [2.45, 2.75) is 63.7 Å². The number of rotatable bonds is 15. The van der Waals surface area contributed by atoms with Gasteiger partial charge in [0, 0.05) is 24.7 Å². The maximum absolute atomic E-state index is 13.2. The smallest absolute Gasteiger partial charge is 0.326 e. The molecule has 1 heterocycles. The first-order chi connectivity index (χ1) is 18.3. The molecule has 0 saturated heterocycles. The minimum absolute atomic E-state index is 0.00911. The van der Waals surface area contributed by atoms with Crippen LogP contribution in [0.5, 0.6) is 5.75 Å². The van der Waals surface area contributed by atoms with Crippen molar-refractivity contribution in [1.29, 1.82) is 0 Å². The minimum Gasteiger partial charge on any atom is -0.508 e. The lowest BCUT2D eigenvalue weighted by molar-refractivity contribution is -0.143. The first-order valence-corrected chi connectivity index (χ1v) is 12.2. The number of phenolic OH excluding ortho intramolecular Hbond substituents is 1. The van der Waals surface area contributed by atoms with Gasteiger partial charge >= 0.3 is 11.9 Å². The van der Waals surface area contributed by atoms with Crippen LogP contribution in [0.4, 0.5) is 0 Å². The minimum atomic E-state index is -1.54. The number of nitrogens with one attached hydrogen (secondary N) is 4. The number of carboxylic acids is 2. The number of nitrogens with zero attached hydrogens (tertiary/aromatic N) is 1. The number of aromatic nitrogens is 2. The van der Waals surface area contributed by atoms with E-state index in [0.717, 1.165) is 0 Å². The van der Waals surface area contributed by atoms with Gasteiger partial charge in [0.05, 0.1) is 18.8 Å². The highest BCUT2D eigenvalue weighted by Crippen LogP contribution is 2.12. The van der Waals surface area contributed by atoms with Gasteiger partial charge in [-0.3, -0.25) is 19.2 Å². The Hall–Kier alpha value is -4.46. The molecule has 1 aromatic carbocycles. The number of aliphatic carboxylic acids is 2. The van der Waals surface area contributed by atoms with Gasteiger partial charge in [-0.2, -0.15) is 0 Å². The molecule has 9 N–H and O–H groups in total. The van der Waals surface area contributed by atoms with Gasteiger partial charge in [0.1, 0.15) is 23.9 Å². The average molecular weight is 547 g/mol. The van der Waals surface area contributed by atoms with Gasteiger partial charge in [-0.15, -0.1) is 0 Å². The fourth-order valence-electron chi connectivity index (χ4n) is 3.72. The van der Waals surface area contributed by atoms with Crippen LogP contribution in [0, 0.1) is 5.92 Å². The van der Waals surface area contributed by atoms with E-state index in [-0.39, 0.29) is 24.5 Å². The molecule has 4 atom stereocenters. The molecule has 0 aliphatic rings. The number of imidazole rings is 1. The Bertz CT molecular complexity index is 1140. The maximum Gasteiger partial charge on any atom is 0.326 e. The van der Waals surface area contributed by atoms with Crippen molar-refractivity contribution in [2.75, 3.05) is 0 Å². The van der Waals surface area contributed by atoms with Crippen molar-refractivity contribution < 1.29 is 39.3 Å². The molecule has 0 spiro atoms. The molecule has 0 bridgehead atoms. The van der Waals surface area contributed by atoms with Crippen molar-refractivity contribution in [3.63, 3.8) is 0 Å². The third kappa shape index (κ3) is 10.4. The number of aromatic hydroxyl groups is 1. The molecule has 2 rings (SSSR count). The van der Waals surface area contributed by atoms with E-state index in [1.54, 1.807) is 0 Å². The second-order valence-electron chi connectivity index (χ2n) is 9.51. The van der Waals surface area contributed by atoms with Crippen LogP contribution in [-0.4, -0.2) is 79.1 Å². The summed E-state index contributed by atoms with van der Waals surface area (Å²) < 4.78 is 0. The molecule has 0 saturated carbocycles. The zero-order valence-corrected chi connectivity index (χ0v) is 21.6. The third-order valence-corrected chi connectivity index (χ3v) is 5.68. The topological polar surface area (TPSA) is 237 Å². The molecule has 0 aliphatic heterocycles. The molecular weight excluding hydrogens is 512 g/mol. The van der Waals surface area contributed by atoms with E-state index >= 15 is 0 Å². The van der Waals surface area contributed by atoms with Crippen LogP contribution in [0.1, 0.15) is 37.9 Å². The second kappa shape index (κ2) is 14.5. The molecule has 39 heavy (non-hydrogen) atoms. The molecule has 1 aromatic heterocycles. The predicted molar refractivity (Wildman–Crippen MR) is 137 cm³/mol. The van der Waals surface area contributed by atoms with Crippen LogP contribution in [0.3, 0.4) is 0 Å². The quantitative estimate of drug-likeness (QED) is 0.140. The number of nitrogens with two attached hydrogens (primary N) is 1. The van der Waals surface area contributed by atoms with Crippen molar-refractivity contribution in [1.82, 2.24) is 25.9 Å². The normalized spacial score (nSPS) is 14.1. The van der Waals surface area contributed by atoms with Gasteiger partial charge in [-0.1, -0.05) is 26.0 Å². The van der Waals surface area contributed by atoms with Gasteiger partial charge in [-0.05, 0) is 30.0 Å². The standard InChI is InChI=1S/C25H34N6O8/c1-13(2)7-17(26)22(35)29-19(10-21(33)34)24(37)30-18(9-15-11-27-12-28-15)23(36)31-20(25(38)39)8-14-3-5-16(32)6-4-14/h3-6,11-13,17-20,32H,7-10,26H2,1-2H3,(H,27,28)(H,29,35)(H,30,37)(H,31,36)(H,33,34)(H,38,39). The molecule has 3 amide bonds. The van der Waals surface area contributed by atoms with Crippen LogP contribution in [0.25, 0.3) is 0 Å². The van der Waals surface area contributed by atoms with E-state index in [9.17, 15) is 39.3 Å². The Labute approximate surface area is 224 Å². The van der Waals surface area contributed by atoms with Gasteiger partial charge in [-0.25, -0.2) is 9.78 Å². The molecule has 0 fully saturated rings. The maximum atomic E-state index is 13.2. The average Bonchev–Trinajstić information content (AvgIpc) is 3.36. The number of amides is 3. The lowest BCUT2D eigenvalue weighted by Gasteiger charge is -2.24. The summed E-state index contributed by atoms with van der Waals surface area (Å²) in [6.45, 7) is 3.69. The summed E-state index contributed by atoms with van der Waals surface area (Å²) in [6.07, 6.45) is 2.03. The predicted octanol–water partition coefficient (Wildman–Crippen LogP) is -0.712. The lowest BCUT2D eigenvalue weighted by atomic mass is 10.0. The first kappa shape index (κ1) is 30.8. The monoisotopic (exact) mass is 546 g/mol. The first-order valence-electron chi connectivity index (χ1n) is 12.2. The van der Waals surface area contributed by atoms with E-state index in [0.29, 0.717) is 17.7 Å². The molecule has 0 radical (unpaired) electrons. The molecule has 0 aliphatic carbocycles. The van der Waals surface area contributed by atoms with E-state index in [1.807, 2.05) is 13.8 Å². The third-order valence-electron chi connectivity index (χ3n) is 5.68. The number of carboxylic acid groups (broad SMARTS) is 2. The summed E-state index contributed by atoms with van der Waals surface area (Å²) in [6, 6.07) is 0.508. The largest absolute Gasteiger partial charge is 0.508 e. The van der Waals surface area contributed by atoms with Crippen LogP contribution >= 0.6 is 0 Å². The molecule has 2 aromatic rings. The van der Waals surface area contributed by atoms with Gasteiger partial charge in [0.2, 0.25) is 17.7 Å². The molecular formula is C25H34N6O8. The number of H-pyrrole nitrogens is 1. The van der Waals surface area contributed by atoms with Crippen molar-refractivity contribution in [2.24, 2.45) is 11.7 Å². The number of aromatic amines is 1. The second-order valence-corrected chi connectivity index (χ2v) is 9.51. The Kier molecular flexibility index (Phi) is 11.4. The van der Waals surface area contributed by atoms with Crippen molar-refractivity contribution >= 4 is 29.7 Å². The Morgan fingerprint density at radius 3 is 2.03 bits per heavy atom. The van der Waals surface area contributed by atoms with E-state index in [4.69, 9.17) is 5.73 Å². The number of carbonyl (C=O) groups excluding carboxylic acids is 3. The highest BCUT2D eigenvalue weighted by molar-refractivity contribution is 5.95. The zero-order valence-electron chi connectivity index (χ0n) is 21.6. The number of hydrogen-bond acceptors (Lipinski definition) is 8. The molecule has 4 unspecified atom stereocenters. The Morgan fingerprint density at radius 2 is 1.49 bits per heavy atom. The Morgan fingerprint density at radius 1 is 0.897 bits per heavy atom. The van der Waals surface area contributed by atoms with Crippen molar-refractivity contribution in [3.8, 4) is 5.75 Å². The van der Waals surface area contributed by atoms with E-state index in [1.165, 1.54) is 36.8 Å².